The van der Waals surface area contributed by atoms with Crippen LogP contribution in [0.15, 0.2) is 59.5 Å². The van der Waals surface area contributed by atoms with Gasteiger partial charge >= 0.3 is 5.97 Å². The van der Waals surface area contributed by atoms with E-state index in [0.29, 0.717) is 0 Å². The van der Waals surface area contributed by atoms with Crippen LogP contribution in [-0.2, 0) is 26.0 Å². The fourth-order valence-electron chi connectivity index (χ4n) is 2.20. The summed E-state index contributed by atoms with van der Waals surface area (Å²) in [5, 5.41) is 8.56. The highest BCUT2D eigenvalue weighted by Gasteiger charge is 2.27. The number of hydrogen-bond acceptors (Lipinski definition) is 5. The summed E-state index contributed by atoms with van der Waals surface area (Å²) in [5.74, 6) is -0.791. The average Bonchev–Trinajstić information content (AvgIpc) is 2.60. The van der Waals surface area contributed by atoms with Crippen molar-refractivity contribution < 1.29 is 17.9 Å². The number of nitrogens with zero attached hydrogens (tertiary/aromatic N) is 1. The molecule has 0 heterocycles. The van der Waals surface area contributed by atoms with Crippen LogP contribution in [-0.4, -0.2) is 27.0 Å². The van der Waals surface area contributed by atoms with E-state index in [-0.39, 0.29) is 11.3 Å². The first-order valence-electron chi connectivity index (χ1n) is 7.59. The number of ether oxygens (including phenoxy) is 1. The molecule has 0 bridgehead atoms. The molecule has 0 saturated heterocycles. The fourth-order valence-corrected chi connectivity index (χ4v) is 3.38. The van der Waals surface area contributed by atoms with E-state index >= 15 is 0 Å². The standard InChI is InChI=1S/C18H18N2O4S/c1-14-7-9-16(10-8-14)25(22,23)20-17(18(21)24-12-11-19)13-15-5-3-2-4-6-15/h2-10,17,20H,12-13H2,1H3/t17-/m0/s1. The zero-order valence-corrected chi connectivity index (χ0v) is 14.5. The smallest absolute Gasteiger partial charge is 0.325 e. The van der Waals surface area contributed by atoms with Gasteiger partial charge in [-0.2, -0.15) is 9.98 Å². The van der Waals surface area contributed by atoms with Gasteiger partial charge in [-0.05, 0) is 31.0 Å². The lowest BCUT2D eigenvalue weighted by molar-refractivity contribution is -0.144. The molecule has 2 aromatic rings. The summed E-state index contributed by atoms with van der Waals surface area (Å²) in [7, 11) is -3.90. The Morgan fingerprint density at radius 1 is 1.16 bits per heavy atom. The number of rotatable bonds is 7. The maximum atomic E-state index is 12.5. The molecule has 6 nitrogen and oxygen atoms in total. The van der Waals surface area contributed by atoms with Gasteiger partial charge in [0.15, 0.2) is 6.61 Å². The van der Waals surface area contributed by atoms with E-state index in [0.717, 1.165) is 11.1 Å². The molecule has 1 atom stereocenters. The highest BCUT2D eigenvalue weighted by molar-refractivity contribution is 7.89. The van der Waals surface area contributed by atoms with Gasteiger partial charge in [-0.1, -0.05) is 48.0 Å². The number of sulfonamides is 1. The van der Waals surface area contributed by atoms with Gasteiger partial charge < -0.3 is 4.74 Å². The Bertz CT molecular complexity index is 856. The molecule has 0 aliphatic carbocycles. The number of nitriles is 1. The zero-order chi connectivity index (χ0) is 18.3. The van der Waals surface area contributed by atoms with Crippen LogP contribution in [0, 0.1) is 18.3 Å². The zero-order valence-electron chi connectivity index (χ0n) is 13.7. The predicted octanol–water partition coefficient (Wildman–Crippen LogP) is 1.95. The Hall–Kier alpha value is -2.69. The lowest BCUT2D eigenvalue weighted by Crippen LogP contribution is -2.43. The van der Waals surface area contributed by atoms with E-state index in [1.807, 2.05) is 13.0 Å². The van der Waals surface area contributed by atoms with Gasteiger partial charge in [-0.3, -0.25) is 4.79 Å². The minimum absolute atomic E-state index is 0.0595. The van der Waals surface area contributed by atoms with Crippen molar-refractivity contribution in [1.29, 1.82) is 5.26 Å². The first-order valence-corrected chi connectivity index (χ1v) is 9.07. The van der Waals surface area contributed by atoms with Crippen molar-refractivity contribution in [2.45, 2.75) is 24.3 Å². The third kappa shape index (κ3) is 5.41. The first kappa shape index (κ1) is 18.6. The molecule has 0 aromatic heterocycles. The van der Waals surface area contributed by atoms with Gasteiger partial charge in [0.05, 0.1) is 4.90 Å². The van der Waals surface area contributed by atoms with Gasteiger partial charge in [-0.15, -0.1) is 0 Å². The fraction of sp³-hybridized carbons (Fsp3) is 0.222. The number of hydrogen-bond donors (Lipinski definition) is 1. The Kier molecular flexibility index (Phi) is 6.28. The molecule has 0 aliphatic heterocycles. The van der Waals surface area contributed by atoms with Crippen LogP contribution in [0.5, 0.6) is 0 Å². The molecule has 25 heavy (non-hydrogen) atoms. The molecule has 0 radical (unpaired) electrons. The van der Waals surface area contributed by atoms with E-state index < -0.39 is 28.6 Å². The van der Waals surface area contributed by atoms with Crippen LogP contribution >= 0.6 is 0 Å². The molecule has 0 amide bonds. The molecule has 0 aliphatic rings. The number of nitrogens with one attached hydrogen (secondary N) is 1. The molecular formula is C18H18N2O4S. The van der Waals surface area contributed by atoms with E-state index in [1.54, 1.807) is 42.5 Å². The molecule has 2 aromatic carbocycles. The third-order valence-corrected chi connectivity index (χ3v) is 4.96. The molecule has 0 saturated carbocycles. The molecule has 2 rings (SSSR count). The second-order valence-corrected chi connectivity index (χ2v) is 7.16. The third-order valence-electron chi connectivity index (χ3n) is 3.47. The highest BCUT2D eigenvalue weighted by Crippen LogP contribution is 2.13. The van der Waals surface area contributed by atoms with Crippen molar-refractivity contribution >= 4 is 16.0 Å². The quantitative estimate of drug-likeness (QED) is 0.763. The van der Waals surface area contributed by atoms with Crippen molar-refractivity contribution in [3.63, 3.8) is 0 Å². The van der Waals surface area contributed by atoms with Crippen LogP contribution < -0.4 is 4.72 Å². The Balaban J connectivity index is 2.23. The lowest BCUT2D eigenvalue weighted by atomic mass is 10.1. The SMILES string of the molecule is Cc1ccc(S(=O)(=O)N[C@@H](Cc2ccccc2)C(=O)OCC#N)cc1. The summed E-state index contributed by atoms with van der Waals surface area (Å²) in [4.78, 5) is 12.2. The van der Waals surface area contributed by atoms with Crippen molar-refractivity contribution in [1.82, 2.24) is 4.72 Å². The number of carbonyl (C=O) groups is 1. The molecule has 0 fully saturated rings. The molecule has 7 heteroatoms. The maximum Gasteiger partial charge on any atom is 0.325 e. The minimum atomic E-state index is -3.90. The summed E-state index contributed by atoms with van der Waals surface area (Å²) < 4.78 is 32.3. The van der Waals surface area contributed by atoms with Gasteiger partial charge in [-0.25, -0.2) is 8.42 Å². The Morgan fingerprint density at radius 3 is 2.40 bits per heavy atom. The number of aryl methyl sites for hydroxylation is 1. The van der Waals surface area contributed by atoms with Crippen LogP contribution in [0.3, 0.4) is 0 Å². The van der Waals surface area contributed by atoms with Crippen molar-refractivity contribution in [2.75, 3.05) is 6.61 Å². The van der Waals surface area contributed by atoms with Crippen molar-refractivity contribution in [3.8, 4) is 6.07 Å². The van der Waals surface area contributed by atoms with Crippen LogP contribution in [0.2, 0.25) is 0 Å². The molecule has 1 N–H and O–H groups in total. The molecule has 130 valence electrons. The minimum Gasteiger partial charge on any atom is -0.449 e. The summed E-state index contributed by atoms with van der Waals surface area (Å²) in [6.45, 7) is 1.41. The van der Waals surface area contributed by atoms with Crippen LogP contribution in [0.4, 0.5) is 0 Å². The monoisotopic (exact) mass is 358 g/mol. The van der Waals surface area contributed by atoms with Gasteiger partial charge in [0.2, 0.25) is 10.0 Å². The van der Waals surface area contributed by atoms with Gasteiger partial charge in [0.25, 0.3) is 0 Å². The summed E-state index contributed by atoms with van der Waals surface area (Å²) in [5.41, 5.74) is 1.70. The van der Waals surface area contributed by atoms with E-state index in [1.165, 1.54) is 12.1 Å². The highest BCUT2D eigenvalue weighted by atomic mass is 32.2. The van der Waals surface area contributed by atoms with Crippen LogP contribution in [0.1, 0.15) is 11.1 Å². The topological polar surface area (TPSA) is 96.3 Å². The first-order chi connectivity index (χ1) is 11.9. The largest absolute Gasteiger partial charge is 0.449 e. The van der Waals surface area contributed by atoms with Gasteiger partial charge in [0, 0.05) is 0 Å². The van der Waals surface area contributed by atoms with Crippen molar-refractivity contribution in [2.24, 2.45) is 0 Å². The predicted molar refractivity (Wildman–Crippen MR) is 92.0 cm³/mol. The molecular weight excluding hydrogens is 340 g/mol. The summed E-state index contributed by atoms with van der Waals surface area (Å²) >= 11 is 0. The maximum absolute atomic E-state index is 12.5. The Morgan fingerprint density at radius 2 is 1.80 bits per heavy atom. The van der Waals surface area contributed by atoms with Crippen LogP contribution in [0.25, 0.3) is 0 Å². The Labute approximate surface area is 147 Å². The average molecular weight is 358 g/mol. The van der Waals surface area contributed by atoms with Gasteiger partial charge in [0.1, 0.15) is 12.1 Å². The summed E-state index contributed by atoms with van der Waals surface area (Å²) in [6.07, 6.45) is 0.121. The summed E-state index contributed by atoms with van der Waals surface area (Å²) in [6, 6.07) is 15.8. The number of benzene rings is 2. The van der Waals surface area contributed by atoms with E-state index in [9.17, 15) is 13.2 Å². The van der Waals surface area contributed by atoms with E-state index in [2.05, 4.69) is 4.72 Å². The number of esters is 1. The second kappa shape index (κ2) is 8.42. The van der Waals surface area contributed by atoms with E-state index in [4.69, 9.17) is 10.00 Å². The lowest BCUT2D eigenvalue weighted by Gasteiger charge is -2.17. The normalized spacial score (nSPS) is 12.2. The second-order valence-electron chi connectivity index (χ2n) is 5.44. The van der Waals surface area contributed by atoms with Crippen molar-refractivity contribution in [3.05, 3.63) is 65.7 Å². The number of carbonyl (C=O) groups excluding carboxylic acids is 1. The molecule has 0 spiro atoms. The molecule has 0 unspecified atom stereocenters.